The van der Waals surface area contributed by atoms with E-state index in [0.29, 0.717) is 0 Å². The molecule has 0 aromatic rings. The van der Waals surface area contributed by atoms with Gasteiger partial charge in [0.25, 0.3) is 11.9 Å². The van der Waals surface area contributed by atoms with Crippen LogP contribution in [-0.4, -0.2) is 69.8 Å². The van der Waals surface area contributed by atoms with E-state index in [-0.39, 0.29) is 5.17 Å². The number of carbonyl (C=O) groups is 4. The van der Waals surface area contributed by atoms with Gasteiger partial charge in [-0.25, -0.2) is 9.59 Å². The van der Waals surface area contributed by atoms with Crippen LogP contribution in [0.1, 0.15) is 55.4 Å². The van der Waals surface area contributed by atoms with Crippen molar-refractivity contribution in [1.82, 2.24) is 10.2 Å². The van der Waals surface area contributed by atoms with Crippen molar-refractivity contribution in [3.05, 3.63) is 0 Å². The molecule has 0 fully saturated rings. The third-order valence-electron chi connectivity index (χ3n) is 2.45. The lowest BCUT2D eigenvalue weighted by atomic mass is 10.2. The van der Waals surface area contributed by atoms with Crippen LogP contribution in [0.2, 0.25) is 0 Å². The molecule has 29 heavy (non-hydrogen) atoms. The monoisotopic (exact) mass is 435 g/mol. The van der Waals surface area contributed by atoms with E-state index in [1.807, 2.05) is 0 Å². The van der Waals surface area contributed by atoms with E-state index >= 15 is 0 Å². The highest BCUT2D eigenvalue weighted by molar-refractivity contribution is 8.13. The highest BCUT2D eigenvalue weighted by Gasteiger charge is 2.25. The molecular formula is C18H33N3O7S. The number of amides is 3. The second-order valence-electron chi connectivity index (χ2n) is 7.86. The van der Waals surface area contributed by atoms with Gasteiger partial charge in [-0.3, -0.25) is 14.5 Å². The Kier molecular flexibility index (Phi) is 12.3. The smallest absolute Gasteiger partial charge is 0.416 e. The van der Waals surface area contributed by atoms with Crippen LogP contribution in [0, 0.1) is 0 Å². The van der Waals surface area contributed by atoms with E-state index < -0.39 is 41.3 Å². The van der Waals surface area contributed by atoms with Crippen LogP contribution in [0.5, 0.6) is 0 Å². The first-order chi connectivity index (χ1) is 12.9. The van der Waals surface area contributed by atoms with E-state index in [1.165, 1.54) is 14.0 Å². The molecule has 0 aliphatic carbocycles. The van der Waals surface area contributed by atoms with Crippen molar-refractivity contribution in [1.29, 1.82) is 0 Å². The summed E-state index contributed by atoms with van der Waals surface area (Å²) in [5, 5.41) is 9.99. The number of amidine groups is 1. The molecule has 0 aliphatic heterocycles. The zero-order chi connectivity index (χ0) is 23.6. The molecule has 0 rings (SSSR count). The molecule has 1 unspecified atom stereocenters. The van der Waals surface area contributed by atoms with Crippen LogP contribution in [0.25, 0.3) is 0 Å². The molecule has 3 amide bonds. The number of nitrogens with zero attached hydrogens (tertiary/aromatic N) is 2. The van der Waals surface area contributed by atoms with Crippen LogP contribution in [-0.2, 0) is 19.1 Å². The molecule has 0 aliphatic rings. The summed E-state index contributed by atoms with van der Waals surface area (Å²) in [4.78, 5) is 50.0. The summed E-state index contributed by atoms with van der Waals surface area (Å²) in [6.07, 6.45) is 0.342. The largest absolute Gasteiger partial charge is 0.481 e. The Morgan fingerprint density at radius 1 is 1.03 bits per heavy atom. The van der Waals surface area contributed by atoms with Crippen molar-refractivity contribution in [3.63, 3.8) is 0 Å². The molecule has 0 bridgehead atoms. The van der Waals surface area contributed by atoms with E-state index in [1.54, 1.807) is 47.8 Å². The fourth-order valence-electron chi connectivity index (χ4n) is 1.40. The number of aliphatic carboxylic acids is 1. The maximum atomic E-state index is 12.2. The molecule has 0 spiro atoms. The van der Waals surface area contributed by atoms with Gasteiger partial charge in [-0.05, 0) is 54.7 Å². The number of alkyl carbamates (subject to hydrolysis) is 1. The van der Waals surface area contributed by atoms with Gasteiger partial charge in [0, 0.05) is 14.0 Å². The highest BCUT2D eigenvalue weighted by atomic mass is 32.2. The van der Waals surface area contributed by atoms with E-state index in [0.717, 1.165) is 23.6 Å². The molecule has 0 heterocycles. The van der Waals surface area contributed by atoms with E-state index in [9.17, 15) is 14.4 Å². The maximum Gasteiger partial charge on any atom is 0.416 e. The van der Waals surface area contributed by atoms with Crippen molar-refractivity contribution in [2.75, 3.05) is 13.3 Å². The summed E-state index contributed by atoms with van der Waals surface area (Å²) >= 11 is 1.12. The topological polar surface area (TPSA) is 135 Å². The quantitative estimate of drug-likeness (QED) is 0.499. The average Bonchev–Trinajstić information content (AvgIpc) is 2.47. The van der Waals surface area contributed by atoms with Crippen LogP contribution < -0.4 is 5.32 Å². The minimum absolute atomic E-state index is 0.164. The minimum atomic E-state index is -0.899. The second-order valence-corrected chi connectivity index (χ2v) is 8.64. The van der Waals surface area contributed by atoms with Gasteiger partial charge in [0.15, 0.2) is 5.17 Å². The van der Waals surface area contributed by atoms with Crippen molar-refractivity contribution < 1.29 is 33.8 Å². The summed E-state index contributed by atoms with van der Waals surface area (Å²) in [5.41, 5.74) is -1.33. The normalized spacial score (nSPS) is 12.7. The van der Waals surface area contributed by atoms with Gasteiger partial charge in [0.1, 0.15) is 17.2 Å². The molecule has 10 nitrogen and oxygen atoms in total. The summed E-state index contributed by atoms with van der Waals surface area (Å²) in [7, 11) is 1.46. The molecule has 11 heteroatoms. The summed E-state index contributed by atoms with van der Waals surface area (Å²) in [6, 6.07) is -0.899. The van der Waals surface area contributed by atoms with Crippen molar-refractivity contribution in [3.8, 4) is 0 Å². The van der Waals surface area contributed by atoms with E-state index in [2.05, 4.69) is 10.3 Å². The van der Waals surface area contributed by atoms with Crippen molar-refractivity contribution in [2.45, 2.75) is 72.6 Å². The lowest BCUT2D eigenvalue weighted by Crippen LogP contribution is -2.42. The van der Waals surface area contributed by atoms with Crippen molar-refractivity contribution >= 4 is 41.0 Å². The fourth-order valence-corrected chi connectivity index (χ4v) is 1.93. The predicted molar refractivity (Wildman–Crippen MR) is 112 cm³/mol. The fraction of sp³-hybridized carbons (Fsp3) is 0.722. The van der Waals surface area contributed by atoms with Gasteiger partial charge in [-0.2, -0.15) is 4.99 Å². The molecular weight excluding hydrogens is 402 g/mol. The average molecular weight is 436 g/mol. The van der Waals surface area contributed by atoms with Crippen LogP contribution >= 0.6 is 11.8 Å². The predicted octanol–water partition coefficient (Wildman–Crippen LogP) is 3.10. The third-order valence-corrected chi connectivity index (χ3v) is 3.18. The SMILES string of the molecule is CC(=O)O.CSC(=NC(=O)C(C)NC(=O)OC(C)(C)C)N(C)C(=O)OC(C)(C)C. The number of hydrogen-bond acceptors (Lipinski definition) is 7. The van der Waals surface area contributed by atoms with Gasteiger partial charge in [0.2, 0.25) is 0 Å². The molecule has 0 aromatic heterocycles. The number of aliphatic imine (C=N–C) groups is 1. The zero-order valence-corrected chi connectivity index (χ0v) is 19.6. The zero-order valence-electron chi connectivity index (χ0n) is 18.8. The van der Waals surface area contributed by atoms with Gasteiger partial charge in [-0.15, -0.1) is 0 Å². The molecule has 0 radical (unpaired) electrons. The number of carboxylic acids is 1. The second kappa shape index (κ2) is 12.3. The van der Waals surface area contributed by atoms with Gasteiger partial charge in [0.05, 0.1) is 0 Å². The van der Waals surface area contributed by atoms with Gasteiger partial charge < -0.3 is 19.9 Å². The number of carboxylic acid groups (broad SMARTS) is 1. The summed E-state index contributed by atoms with van der Waals surface area (Å²) in [6.45, 7) is 13.0. The first kappa shape index (κ1) is 28.9. The number of nitrogens with one attached hydrogen (secondary N) is 1. The number of hydrogen-bond donors (Lipinski definition) is 2. The Morgan fingerprint density at radius 2 is 1.45 bits per heavy atom. The first-order valence-electron chi connectivity index (χ1n) is 8.72. The Morgan fingerprint density at radius 3 is 1.79 bits per heavy atom. The van der Waals surface area contributed by atoms with E-state index in [4.69, 9.17) is 19.4 Å². The Balaban J connectivity index is 0. The number of ether oxygens (including phenoxy) is 2. The molecule has 1 atom stereocenters. The van der Waals surface area contributed by atoms with Gasteiger partial charge in [-0.1, -0.05) is 11.8 Å². The van der Waals surface area contributed by atoms with Crippen LogP contribution in [0.15, 0.2) is 4.99 Å². The highest BCUT2D eigenvalue weighted by Crippen LogP contribution is 2.13. The molecule has 2 N–H and O–H groups in total. The van der Waals surface area contributed by atoms with Gasteiger partial charge >= 0.3 is 12.2 Å². The molecule has 0 aromatic carbocycles. The first-order valence-corrected chi connectivity index (χ1v) is 9.94. The summed E-state index contributed by atoms with van der Waals surface area (Å²) in [5.74, 6) is -1.44. The lowest BCUT2D eigenvalue weighted by Gasteiger charge is -2.25. The lowest BCUT2D eigenvalue weighted by molar-refractivity contribution is -0.134. The Bertz CT molecular complexity index is 618. The number of thioether (sulfide) groups is 1. The standard InChI is InChI=1S/C16H29N3O5S.C2H4O2/c1-10(17-13(21)23-15(2,3)4)11(20)18-12(25-9)19(8)14(22)24-16(5,6)7;1-2(3)4/h10H,1-9H3,(H,17,21);1H3,(H,3,4). The minimum Gasteiger partial charge on any atom is -0.481 e. The Labute approximate surface area is 176 Å². The third kappa shape index (κ3) is 16.4. The summed E-state index contributed by atoms with van der Waals surface area (Å²) < 4.78 is 10.3. The Hall–Kier alpha value is -2.30. The van der Waals surface area contributed by atoms with Crippen molar-refractivity contribution in [2.24, 2.45) is 4.99 Å². The molecule has 0 saturated carbocycles. The molecule has 0 saturated heterocycles. The maximum absolute atomic E-state index is 12.2. The molecule has 168 valence electrons. The number of carbonyl (C=O) groups excluding carboxylic acids is 3. The van der Waals surface area contributed by atoms with Crippen LogP contribution in [0.3, 0.4) is 0 Å². The van der Waals surface area contributed by atoms with Crippen LogP contribution in [0.4, 0.5) is 9.59 Å². The number of rotatable bonds is 2.